The van der Waals surface area contributed by atoms with Gasteiger partial charge in [-0.2, -0.15) is 0 Å². The lowest BCUT2D eigenvalue weighted by Gasteiger charge is -2.12. The fourth-order valence-electron chi connectivity index (χ4n) is 4.15. The first-order valence-electron chi connectivity index (χ1n) is 9.70. The van der Waals surface area contributed by atoms with E-state index in [-0.39, 0.29) is 4.90 Å². The number of sulfonamides is 1. The number of rotatable bonds is 3. The summed E-state index contributed by atoms with van der Waals surface area (Å²) in [5.41, 5.74) is 1.42. The highest BCUT2D eigenvalue weighted by Crippen LogP contribution is 2.30. The molecule has 0 amide bonds. The van der Waals surface area contributed by atoms with Gasteiger partial charge in [-0.25, -0.2) is 13.4 Å². The third-order valence-corrected chi connectivity index (χ3v) is 6.90. The monoisotopic (exact) mass is 425 g/mol. The molecule has 0 radical (unpaired) electrons. The molecule has 0 saturated carbocycles. The van der Waals surface area contributed by atoms with Crippen LogP contribution in [0.5, 0.6) is 0 Å². The summed E-state index contributed by atoms with van der Waals surface area (Å²) in [6.45, 7) is 0. The first-order chi connectivity index (χ1) is 15.0. The number of nitrogens with one attached hydrogen (secondary N) is 1. The number of benzene rings is 4. The topological polar surface area (TPSA) is 80.5 Å². The van der Waals surface area contributed by atoms with Gasteiger partial charge in [-0.15, -0.1) is 0 Å². The van der Waals surface area contributed by atoms with Gasteiger partial charge in [-0.05, 0) is 29.7 Å². The van der Waals surface area contributed by atoms with E-state index in [2.05, 4.69) is 4.72 Å². The second kappa shape index (κ2) is 6.26. The Morgan fingerprint density at radius 2 is 1.58 bits per heavy atom. The Balaban J connectivity index is 1.74. The van der Waals surface area contributed by atoms with E-state index in [1.165, 1.54) is 6.07 Å². The molecule has 0 aliphatic carbocycles. The van der Waals surface area contributed by atoms with Crippen LogP contribution in [0.2, 0.25) is 0 Å². The highest BCUT2D eigenvalue weighted by Gasteiger charge is 2.24. The van der Waals surface area contributed by atoms with E-state index in [0.717, 1.165) is 10.8 Å². The molecule has 0 atom stereocenters. The molecule has 0 unspecified atom stereocenters. The van der Waals surface area contributed by atoms with Crippen LogP contribution in [0.15, 0.2) is 94.7 Å². The van der Waals surface area contributed by atoms with Crippen LogP contribution in [-0.2, 0) is 10.0 Å². The van der Waals surface area contributed by atoms with E-state index in [0.29, 0.717) is 33.1 Å². The standard InChI is InChI=1S/C24H15N3O3S/c28-23-20(31(29,30)26-17-9-2-1-3-10-17)13-15-8-6-12-19-21(15)22(23)27-14-16-7-4-5-11-18(16)24(27)25-19/h1-14,26H. The van der Waals surface area contributed by atoms with E-state index in [4.69, 9.17) is 4.98 Å². The number of hydrogen-bond acceptors (Lipinski definition) is 4. The van der Waals surface area contributed by atoms with Crippen LogP contribution in [0.25, 0.3) is 38.2 Å². The molecule has 6 aromatic rings. The molecule has 4 aromatic carbocycles. The molecule has 150 valence electrons. The van der Waals surface area contributed by atoms with Crippen molar-refractivity contribution < 1.29 is 8.42 Å². The fourth-order valence-corrected chi connectivity index (χ4v) is 5.33. The average Bonchev–Trinajstić information content (AvgIpc) is 3.14. The minimum Gasteiger partial charge on any atom is -0.296 e. The zero-order valence-corrected chi connectivity index (χ0v) is 16.9. The number of para-hydroxylation sites is 1. The Hall–Kier alpha value is -3.97. The van der Waals surface area contributed by atoms with Crippen molar-refractivity contribution >= 4 is 53.9 Å². The van der Waals surface area contributed by atoms with Gasteiger partial charge < -0.3 is 0 Å². The molecule has 6 rings (SSSR count). The molecule has 2 heterocycles. The maximum Gasteiger partial charge on any atom is 0.265 e. The largest absolute Gasteiger partial charge is 0.296 e. The van der Waals surface area contributed by atoms with Crippen LogP contribution in [0.3, 0.4) is 0 Å². The number of aromatic nitrogens is 2. The van der Waals surface area contributed by atoms with Gasteiger partial charge in [0.1, 0.15) is 16.1 Å². The van der Waals surface area contributed by atoms with E-state index < -0.39 is 15.5 Å². The van der Waals surface area contributed by atoms with Gasteiger partial charge >= 0.3 is 0 Å². The van der Waals surface area contributed by atoms with E-state index in [1.807, 2.05) is 42.6 Å². The van der Waals surface area contributed by atoms with E-state index in [1.54, 1.807) is 40.8 Å². The summed E-state index contributed by atoms with van der Waals surface area (Å²) in [5.74, 6) is 0. The maximum absolute atomic E-state index is 13.6. The average molecular weight is 425 g/mol. The van der Waals surface area contributed by atoms with Crippen LogP contribution in [0, 0.1) is 0 Å². The minimum absolute atomic E-state index is 0.290. The molecule has 7 heteroatoms. The first-order valence-corrected chi connectivity index (χ1v) is 11.2. The molecule has 1 N–H and O–H groups in total. The van der Waals surface area contributed by atoms with Crippen LogP contribution in [-0.4, -0.2) is 17.8 Å². The van der Waals surface area contributed by atoms with Crippen molar-refractivity contribution in [1.29, 1.82) is 0 Å². The normalized spacial score (nSPS) is 12.3. The lowest BCUT2D eigenvalue weighted by molar-refractivity contribution is 0.600. The Morgan fingerprint density at radius 1 is 0.839 bits per heavy atom. The highest BCUT2D eigenvalue weighted by atomic mass is 32.2. The van der Waals surface area contributed by atoms with Crippen molar-refractivity contribution in [3.8, 4) is 0 Å². The summed E-state index contributed by atoms with van der Waals surface area (Å²) < 4.78 is 30.6. The molecule has 0 bridgehead atoms. The lowest BCUT2D eigenvalue weighted by atomic mass is 10.1. The number of fused-ring (bicyclic) bond motifs is 4. The first kappa shape index (κ1) is 17.9. The van der Waals surface area contributed by atoms with Gasteiger partial charge in [0.15, 0.2) is 0 Å². The van der Waals surface area contributed by atoms with Gasteiger partial charge in [0.25, 0.3) is 10.0 Å². The molecule has 31 heavy (non-hydrogen) atoms. The van der Waals surface area contributed by atoms with Crippen molar-refractivity contribution in [3.05, 3.63) is 95.3 Å². The van der Waals surface area contributed by atoms with Gasteiger partial charge in [0.2, 0.25) is 5.43 Å². The van der Waals surface area contributed by atoms with E-state index in [9.17, 15) is 13.2 Å². The highest BCUT2D eigenvalue weighted by molar-refractivity contribution is 7.92. The van der Waals surface area contributed by atoms with Crippen molar-refractivity contribution in [2.45, 2.75) is 4.90 Å². The zero-order chi connectivity index (χ0) is 21.2. The molecule has 0 saturated heterocycles. The zero-order valence-electron chi connectivity index (χ0n) is 16.1. The van der Waals surface area contributed by atoms with Crippen LogP contribution in [0.4, 0.5) is 5.69 Å². The smallest absolute Gasteiger partial charge is 0.265 e. The summed E-state index contributed by atoms with van der Waals surface area (Å²) in [7, 11) is -4.10. The second-order valence-corrected chi connectivity index (χ2v) is 9.07. The number of nitrogens with zero attached hydrogens (tertiary/aromatic N) is 2. The van der Waals surface area contributed by atoms with Crippen molar-refractivity contribution in [2.24, 2.45) is 0 Å². The van der Waals surface area contributed by atoms with Crippen LogP contribution < -0.4 is 10.2 Å². The Labute approximate surface area is 176 Å². The molecule has 0 aliphatic rings. The Bertz CT molecular complexity index is 1790. The van der Waals surface area contributed by atoms with Crippen LogP contribution >= 0.6 is 0 Å². The van der Waals surface area contributed by atoms with Gasteiger partial charge in [0.05, 0.1) is 5.52 Å². The maximum atomic E-state index is 13.6. The summed E-state index contributed by atoms with van der Waals surface area (Å²) in [6.07, 6.45) is 1.83. The lowest BCUT2D eigenvalue weighted by Crippen LogP contribution is -2.22. The van der Waals surface area contributed by atoms with Gasteiger partial charge in [0, 0.05) is 28.0 Å². The van der Waals surface area contributed by atoms with Gasteiger partial charge in [-0.1, -0.05) is 54.6 Å². The summed E-state index contributed by atoms with van der Waals surface area (Å²) in [5, 5.41) is 3.13. The third kappa shape index (κ3) is 2.60. The summed E-state index contributed by atoms with van der Waals surface area (Å²) >= 11 is 0. The molecule has 6 nitrogen and oxygen atoms in total. The summed E-state index contributed by atoms with van der Waals surface area (Å²) in [6, 6.07) is 23.1. The Morgan fingerprint density at radius 3 is 2.42 bits per heavy atom. The molecule has 0 aliphatic heterocycles. The number of anilines is 1. The van der Waals surface area contributed by atoms with Crippen molar-refractivity contribution in [2.75, 3.05) is 4.72 Å². The fraction of sp³-hybridized carbons (Fsp3) is 0. The van der Waals surface area contributed by atoms with Crippen LogP contribution in [0.1, 0.15) is 0 Å². The number of hydrogen-bond donors (Lipinski definition) is 1. The molecular formula is C24H15N3O3S. The second-order valence-electron chi connectivity index (χ2n) is 7.42. The third-order valence-electron chi connectivity index (χ3n) is 5.52. The summed E-state index contributed by atoms with van der Waals surface area (Å²) in [4.78, 5) is 18.1. The van der Waals surface area contributed by atoms with Crippen molar-refractivity contribution in [1.82, 2.24) is 9.38 Å². The van der Waals surface area contributed by atoms with Crippen molar-refractivity contribution in [3.63, 3.8) is 0 Å². The molecule has 0 fully saturated rings. The molecule has 2 aromatic heterocycles. The predicted molar refractivity (Wildman–Crippen MR) is 122 cm³/mol. The van der Waals surface area contributed by atoms with Gasteiger partial charge in [-0.3, -0.25) is 13.9 Å². The van der Waals surface area contributed by atoms with E-state index >= 15 is 0 Å². The molecule has 0 spiro atoms. The predicted octanol–water partition coefficient (Wildman–Crippen LogP) is 4.39. The Kier molecular flexibility index (Phi) is 3.61. The quantitative estimate of drug-likeness (QED) is 0.456. The SMILES string of the molecule is O=c1c(S(=O)(=O)Nc2ccccc2)cc2cccc3nc4c5ccccc5cn4c1c23. The molecular weight excluding hydrogens is 410 g/mol. The minimum atomic E-state index is -4.10.